The Kier molecular flexibility index (Phi) is 7.18. The minimum atomic E-state index is -0.824. The van der Waals surface area contributed by atoms with Crippen LogP contribution in [-0.2, 0) is 9.59 Å². The number of hydrogen-bond acceptors (Lipinski definition) is 12. The first-order valence-corrected chi connectivity index (χ1v) is 14.3. The maximum absolute atomic E-state index is 16.8. The predicted octanol–water partition coefficient (Wildman–Crippen LogP) is 2.95. The van der Waals surface area contributed by atoms with E-state index >= 15 is 4.39 Å². The lowest BCUT2D eigenvalue weighted by molar-refractivity contribution is -0.121. The van der Waals surface area contributed by atoms with Gasteiger partial charge >= 0.3 is 6.01 Å². The van der Waals surface area contributed by atoms with Gasteiger partial charge in [0.2, 0.25) is 5.75 Å². The van der Waals surface area contributed by atoms with Crippen molar-refractivity contribution in [3.63, 3.8) is 0 Å². The van der Waals surface area contributed by atoms with E-state index < -0.39 is 17.3 Å². The van der Waals surface area contributed by atoms with E-state index in [1.807, 2.05) is 7.05 Å². The molecule has 4 aromatic rings. The molecule has 0 aliphatic carbocycles. The van der Waals surface area contributed by atoms with Gasteiger partial charge in [-0.15, -0.1) is 0 Å². The molecular weight excluding hydrogens is 571 g/mol. The third kappa shape index (κ3) is 4.74. The van der Waals surface area contributed by atoms with Gasteiger partial charge in [-0.3, -0.25) is 14.6 Å². The average Bonchev–Trinajstić information content (AvgIpc) is 3.61. The highest BCUT2D eigenvalue weighted by atomic mass is 19.1. The molecule has 226 valence electrons. The highest BCUT2D eigenvalue weighted by Gasteiger charge is 2.32. The van der Waals surface area contributed by atoms with Crippen molar-refractivity contribution in [2.75, 3.05) is 38.2 Å². The van der Waals surface area contributed by atoms with Crippen molar-refractivity contribution >= 4 is 40.4 Å². The second-order valence-corrected chi connectivity index (χ2v) is 11.1. The summed E-state index contributed by atoms with van der Waals surface area (Å²) in [6.45, 7) is 2.78. The Morgan fingerprint density at radius 2 is 1.77 bits per heavy atom. The first-order valence-electron chi connectivity index (χ1n) is 14.3. The molecule has 0 saturated carbocycles. The second-order valence-electron chi connectivity index (χ2n) is 11.1. The number of halogens is 1. The van der Waals surface area contributed by atoms with Crippen LogP contribution in [0.2, 0.25) is 0 Å². The Labute approximate surface area is 251 Å². The number of benzene rings is 2. The van der Waals surface area contributed by atoms with E-state index in [0.29, 0.717) is 36.3 Å². The summed E-state index contributed by atoms with van der Waals surface area (Å²) in [5.41, 5.74) is -0.281. The highest BCUT2D eigenvalue weighted by Crippen LogP contribution is 2.50. The van der Waals surface area contributed by atoms with E-state index in [0.717, 1.165) is 19.4 Å². The number of fused-ring (bicyclic) bond motifs is 4. The number of phenols is 1. The molecule has 2 fully saturated rings. The number of ether oxygens (including phenoxy) is 3. The molecule has 0 amide bonds. The van der Waals surface area contributed by atoms with Crippen molar-refractivity contribution < 1.29 is 33.3 Å². The van der Waals surface area contributed by atoms with E-state index in [1.54, 1.807) is 24.3 Å². The van der Waals surface area contributed by atoms with Gasteiger partial charge in [0.15, 0.2) is 17.3 Å². The number of carbonyl (C=O) groups excluding carboxylic acids is 2. The fourth-order valence-electron chi connectivity index (χ4n) is 6.40. The molecule has 3 aliphatic heterocycles. The number of aromatic hydroxyl groups is 1. The molecule has 2 aromatic carbocycles. The molecule has 7 rings (SSSR count). The molecule has 44 heavy (non-hydrogen) atoms. The minimum Gasteiger partial charge on any atom is -0.502 e. The summed E-state index contributed by atoms with van der Waals surface area (Å²) in [5, 5.41) is 15.5. The van der Waals surface area contributed by atoms with Gasteiger partial charge in [-0.25, -0.2) is 4.39 Å². The Bertz CT molecular complexity index is 1800. The van der Waals surface area contributed by atoms with Crippen LogP contribution in [0, 0.1) is 5.82 Å². The molecule has 3 atom stereocenters. The van der Waals surface area contributed by atoms with Crippen LogP contribution in [0.5, 0.6) is 23.3 Å². The number of carbonyl (C=O) groups is 2. The van der Waals surface area contributed by atoms with Crippen LogP contribution in [0.15, 0.2) is 42.6 Å². The zero-order chi connectivity index (χ0) is 30.4. The Morgan fingerprint density at radius 1 is 1.05 bits per heavy atom. The summed E-state index contributed by atoms with van der Waals surface area (Å²) < 4.78 is 33.1. The van der Waals surface area contributed by atoms with E-state index in [4.69, 9.17) is 19.2 Å². The lowest BCUT2D eigenvalue weighted by atomic mass is 9.98. The largest absolute Gasteiger partial charge is 0.502 e. The molecule has 2 N–H and O–H groups in total. The first kappa shape index (κ1) is 27.9. The summed E-state index contributed by atoms with van der Waals surface area (Å²) >= 11 is 0. The van der Waals surface area contributed by atoms with Crippen molar-refractivity contribution in [3.8, 4) is 34.5 Å². The summed E-state index contributed by atoms with van der Waals surface area (Å²) in [4.78, 5) is 40.8. The van der Waals surface area contributed by atoms with Crippen LogP contribution in [0.1, 0.15) is 12.8 Å². The first-order chi connectivity index (χ1) is 21.5. The molecule has 2 aromatic heterocycles. The number of pyridine rings is 1. The number of likely N-dealkylation sites (N-methyl/N-ethyl adjacent to an activating group) is 1. The normalized spacial score (nSPS) is 21.2. The maximum atomic E-state index is 16.8. The van der Waals surface area contributed by atoms with E-state index in [9.17, 15) is 14.7 Å². The molecule has 3 aliphatic rings. The van der Waals surface area contributed by atoms with E-state index in [-0.39, 0.29) is 65.0 Å². The zero-order valence-electron chi connectivity index (χ0n) is 23.8. The van der Waals surface area contributed by atoms with Crippen LogP contribution in [0.3, 0.4) is 0 Å². The predicted molar refractivity (Wildman–Crippen MR) is 158 cm³/mol. The number of phenolic OH excluding ortho intramolecular Hbond substituents is 1. The monoisotopic (exact) mass is 600 g/mol. The maximum Gasteiger partial charge on any atom is 0.319 e. The van der Waals surface area contributed by atoms with Crippen LogP contribution < -0.4 is 24.4 Å². The number of anilines is 1. The quantitative estimate of drug-likeness (QED) is 0.216. The van der Waals surface area contributed by atoms with E-state index in [2.05, 4.69) is 37.2 Å². The molecular formula is C31H29FN6O6. The van der Waals surface area contributed by atoms with Crippen molar-refractivity contribution in [2.24, 2.45) is 0 Å². The number of nitrogens with one attached hydrogen (secondary N) is 1. The highest BCUT2D eigenvalue weighted by molar-refractivity contribution is 6.07. The average molecular weight is 601 g/mol. The van der Waals surface area contributed by atoms with Crippen molar-refractivity contribution in [1.29, 1.82) is 0 Å². The van der Waals surface area contributed by atoms with E-state index in [1.165, 1.54) is 6.20 Å². The summed E-state index contributed by atoms with van der Waals surface area (Å²) in [6, 6.07) is 7.01. The van der Waals surface area contributed by atoms with Gasteiger partial charge in [-0.05, 0) is 31.8 Å². The molecule has 0 unspecified atom stereocenters. The van der Waals surface area contributed by atoms with Gasteiger partial charge in [0, 0.05) is 42.8 Å². The number of likely N-dealkylation sites (tertiary alicyclic amines) is 1. The van der Waals surface area contributed by atoms with Gasteiger partial charge in [-0.2, -0.15) is 9.97 Å². The van der Waals surface area contributed by atoms with Crippen molar-refractivity contribution in [3.05, 3.63) is 48.4 Å². The minimum absolute atomic E-state index is 0.0116. The Morgan fingerprint density at radius 3 is 2.48 bits per heavy atom. The number of rotatable bonds is 9. The van der Waals surface area contributed by atoms with Gasteiger partial charge < -0.3 is 34.4 Å². The topological polar surface area (TPSA) is 139 Å². The number of nitrogens with zero attached hydrogens (tertiary/aromatic N) is 5. The van der Waals surface area contributed by atoms with Gasteiger partial charge in [0.1, 0.15) is 23.6 Å². The lowest BCUT2D eigenvalue weighted by Crippen LogP contribution is -2.52. The smallest absolute Gasteiger partial charge is 0.319 e. The Balaban J connectivity index is 1.41. The third-order valence-corrected chi connectivity index (χ3v) is 8.52. The summed E-state index contributed by atoms with van der Waals surface area (Å²) in [6.07, 6.45) is 7.75. The van der Waals surface area contributed by atoms with Crippen LogP contribution in [0.25, 0.3) is 32.9 Å². The molecule has 2 bridgehead atoms. The number of aromatic nitrogens is 3. The molecule has 13 heteroatoms. The lowest BCUT2D eigenvalue weighted by Gasteiger charge is -2.34. The Hall–Kier alpha value is -4.88. The molecule has 5 heterocycles. The summed E-state index contributed by atoms with van der Waals surface area (Å²) in [7, 11) is 2.04. The number of hydrogen-bond donors (Lipinski definition) is 2. The second kappa shape index (κ2) is 11.3. The SMILES string of the molecule is CN1CCC[C@H]1COc1nc(N2C[C@H]3C=C[C@@H](C2)N3)c2cnc(-c3c(OC=O)c(O)c(OC=O)c4ccccc34)c(F)c2n1. The van der Waals surface area contributed by atoms with Crippen LogP contribution >= 0.6 is 0 Å². The van der Waals surface area contributed by atoms with Crippen molar-refractivity contribution in [1.82, 2.24) is 25.2 Å². The molecule has 0 spiro atoms. The standard InChI is InChI=1S/C31H29FN6O6/c1-37-10-4-5-19(37)14-42-31-35-25-22(30(36-31)38-12-17-8-9-18(13-38)34-17)11-33-26(24(25)32)23-20-6-2-3-7-21(20)28(43-15-39)27(41)29(23)44-16-40/h2-3,6-9,11,15-19,34,41H,4-5,10,12-14H2,1H3/t17-,18+,19-/m0/s1. The van der Waals surface area contributed by atoms with Gasteiger partial charge in [-0.1, -0.05) is 36.4 Å². The van der Waals surface area contributed by atoms with Crippen LogP contribution in [-0.4, -0.2) is 89.3 Å². The van der Waals surface area contributed by atoms with Gasteiger partial charge in [0.25, 0.3) is 12.9 Å². The molecule has 0 radical (unpaired) electrons. The van der Waals surface area contributed by atoms with Crippen LogP contribution in [0.4, 0.5) is 10.2 Å². The van der Waals surface area contributed by atoms with Crippen molar-refractivity contribution in [2.45, 2.75) is 31.0 Å². The zero-order valence-corrected chi connectivity index (χ0v) is 23.8. The molecule has 2 saturated heterocycles. The fourth-order valence-corrected chi connectivity index (χ4v) is 6.40. The van der Waals surface area contributed by atoms with Gasteiger partial charge in [0.05, 0.1) is 10.9 Å². The fraction of sp³-hybridized carbons (Fsp3) is 0.323. The molecule has 12 nitrogen and oxygen atoms in total. The summed E-state index contributed by atoms with van der Waals surface area (Å²) in [5.74, 6) is -1.64. The number of piperazine rings is 1. The third-order valence-electron chi connectivity index (χ3n) is 8.52.